The van der Waals surface area contributed by atoms with Crippen LogP contribution in [0.2, 0.25) is 0 Å². The number of sulfonamides is 1. The van der Waals surface area contributed by atoms with Crippen LogP contribution in [0.5, 0.6) is 0 Å². The average Bonchev–Trinajstić information content (AvgIpc) is 3.00. The van der Waals surface area contributed by atoms with Crippen molar-refractivity contribution in [3.8, 4) is 0 Å². The van der Waals surface area contributed by atoms with Crippen LogP contribution in [0.1, 0.15) is 29.8 Å². The lowest BCUT2D eigenvalue weighted by Crippen LogP contribution is -2.43. The Morgan fingerprint density at radius 2 is 2.00 bits per heavy atom. The van der Waals surface area contributed by atoms with Gasteiger partial charge in [-0.1, -0.05) is 0 Å². The number of hydrogen-bond acceptors (Lipinski definition) is 5. The first-order valence-electron chi connectivity index (χ1n) is 9.03. The van der Waals surface area contributed by atoms with E-state index in [1.165, 1.54) is 8.99 Å². The Hall–Kier alpha value is -1.66. The van der Waals surface area contributed by atoms with E-state index in [0.29, 0.717) is 44.7 Å². The maximum absolute atomic E-state index is 13.1. The van der Waals surface area contributed by atoms with Gasteiger partial charge in [-0.25, -0.2) is 12.7 Å². The molecule has 2 aliphatic rings. The van der Waals surface area contributed by atoms with Crippen molar-refractivity contribution in [2.75, 3.05) is 32.5 Å². The van der Waals surface area contributed by atoms with Crippen molar-refractivity contribution in [1.29, 1.82) is 0 Å². The molecule has 0 bridgehead atoms. The molecule has 1 saturated heterocycles. The van der Waals surface area contributed by atoms with Crippen molar-refractivity contribution in [2.45, 2.75) is 38.6 Å². The first kappa shape index (κ1) is 21.1. The van der Waals surface area contributed by atoms with E-state index in [0.717, 1.165) is 6.26 Å². The van der Waals surface area contributed by atoms with Gasteiger partial charge in [0.1, 0.15) is 0 Å². The monoisotopic (exact) mass is 424 g/mol. The van der Waals surface area contributed by atoms with Crippen LogP contribution < -0.4 is 5.32 Å². The molecule has 0 unspecified atom stereocenters. The quantitative estimate of drug-likeness (QED) is 0.754. The summed E-state index contributed by atoms with van der Waals surface area (Å²) in [6.07, 6.45) is -2.22. The Morgan fingerprint density at radius 3 is 2.61 bits per heavy atom. The number of amides is 1. The molecule has 3 heterocycles. The second kappa shape index (κ2) is 7.99. The van der Waals surface area contributed by atoms with Crippen molar-refractivity contribution in [2.24, 2.45) is 5.92 Å². The number of hydrogen-bond donors (Lipinski definition) is 1. The van der Waals surface area contributed by atoms with E-state index >= 15 is 0 Å². The number of piperidine rings is 1. The van der Waals surface area contributed by atoms with Gasteiger partial charge in [-0.05, 0) is 12.8 Å². The topological polar surface area (TPSA) is 93.5 Å². The Labute approximate surface area is 161 Å². The molecule has 0 radical (unpaired) electrons. The van der Waals surface area contributed by atoms with Gasteiger partial charge in [0.15, 0.2) is 5.69 Å². The molecule has 0 spiro atoms. The van der Waals surface area contributed by atoms with Gasteiger partial charge in [0.25, 0.3) is 0 Å². The smallest absolute Gasteiger partial charge is 0.376 e. The number of nitrogens with zero attached hydrogens (tertiary/aromatic N) is 3. The lowest BCUT2D eigenvalue weighted by atomic mass is 9.97. The second-order valence-electron chi connectivity index (χ2n) is 7.02. The van der Waals surface area contributed by atoms with E-state index in [-0.39, 0.29) is 37.1 Å². The molecule has 1 amide bonds. The first-order chi connectivity index (χ1) is 13.1. The molecular weight excluding hydrogens is 401 g/mol. The van der Waals surface area contributed by atoms with Gasteiger partial charge >= 0.3 is 6.18 Å². The molecule has 3 rings (SSSR count). The number of halogens is 3. The number of carbonyl (C=O) groups excluding carboxylic acids is 1. The van der Waals surface area contributed by atoms with E-state index in [1.807, 2.05) is 0 Å². The fourth-order valence-electron chi connectivity index (χ4n) is 3.60. The van der Waals surface area contributed by atoms with Crippen molar-refractivity contribution < 1.29 is 31.1 Å². The summed E-state index contributed by atoms with van der Waals surface area (Å²) in [5.41, 5.74) is -0.366. The third-order valence-electron chi connectivity index (χ3n) is 5.08. The van der Waals surface area contributed by atoms with E-state index in [4.69, 9.17) is 4.74 Å². The van der Waals surface area contributed by atoms with Crippen LogP contribution in [0.3, 0.4) is 0 Å². The van der Waals surface area contributed by atoms with Crippen LogP contribution >= 0.6 is 0 Å². The number of aromatic nitrogens is 2. The molecule has 0 saturated carbocycles. The highest BCUT2D eigenvalue weighted by atomic mass is 32.2. The SMILES string of the molecule is CS(=O)(=O)N1CCC(C(=O)NCCn2nc(C(F)(F)F)c3c2CCOC3)CC1. The van der Waals surface area contributed by atoms with Crippen LogP contribution in [0, 0.1) is 5.92 Å². The average molecular weight is 424 g/mol. The summed E-state index contributed by atoms with van der Waals surface area (Å²) in [5, 5.41) is 6.43. The number of alkyl halides is 3. The summed E-state index contributed by atoms with van der Waals surface area (Å²) >= 11 is 0. The minimum Gasteiger partial charge on any atom is -0.376 e. The predicted molar refractivity (Wildman–Crippen MR) is 92.7 cm³/mol. The number of carbonyl (C=O) groups is 1. The molecule has 0 atom stereocenters. The van der Waals surface area contributed by atoms with Crippen molar-refractivity contribution in [3.05, 3.63) is 17.0 Å². The summed E-state index contributed by atoms with van der Waals surface area (Å²) in [4.78, 5) is 12.3. The lowest BCUT2D eigenvalue weighted by molar-refractivity contribution is -0.142. The first-order valence-corrected chi connectivity index (χ1v) is 10.9. The Bertz CT molecular complexity index is 830. The van der Waals surface area contributed by atoms with Crippen molar-refractivity contribution in [3.63, 3.8) is 0 Å². The van der Waals surface area contributed by atoms with Gasteiger partial charge in [-0.2, -0.15) is 18.3 Å². The van der Waals surface area contributed by atoms with Crippen LogP contribution in [0.4, 0.5) is 13.2 Å². The molecule has 12 heteroatoms. The van der Waals surface area contributed by atoms with E-state index in [9.17, 15) is 26.4 Å². The Morgan fingerprint density at radius 1 is 1.32 bits per heavy atom. The Kier molecular flexibility index (Phi) is 6.01. The van der Waals surface area contributed by atoms with Gasteiger partial charge < -0.3 is 10.1 Å². The molecular formula is C16H23F3N4O4S. The zero-order valence-electron chi connectivity index (χ0n) is 15.5. The second-order valence-corrected chi connectivity index (χ2v) is 9.01. The molecule has 8 nitrogen and oxygen atoms in total. The summed E-state index contributed by atoms with van der Waals surface area (Å²) < 4.78 is 70.2. The standard InChI is InChI=1S/C16H23F3N4O4S/c1-28(25,26)22-6-2-11(3-7-22)15(24)20-5-8-23-13-4-9-27-10-12(13)14(21-23)16(17,18)19/h11H,2-10H2,1H3,(H,20,24). The predicted octanol–water partition coefficient (Wildman–Crippen LogP) is 0.762. The third kappa shape index (κ3) is 4.66. The van der Waals surface area contributed by atoms with Gasteiger partial charge in [0, 0.05) is 43.2 Å². The molecule has 1 fully saturated rings. The van der Waals surface area contributed by atoms with Crippen LogP contribution in [0.15, 0.2) is 0 Å². The number of rotatable bonds is 5. The van der Waals surface area contributed by atoms with Crippen molar-refractivity contribution in [1.82, 2.24) is 19.4 Å². The zero-order chi connectivity index (χ0) is 20.5. The van der Waals surface area contributed by atoms with Gasteiger partial charge in [0.05, 0.1) is 26.0 Å². The van der Waals surface area contributed by atoms with Gasteiger partial charge in [0.2, 0.25) is 15.9 Å². The molecule has 0 aliphatic carbocycles. The Balaban J connectivity index is 1.56. The molecule has 158 valence electrons. The third-order valence-corrected chi connectivity index (χ3v) is 6.38. The largest absolute Gasteiger partial charge is 0.435 e. The molecule has 2 aliphatic heterocycles. The summed E-state index contributed by atoms with van der Waals surface area (Å²) in [6.45, 7) is 1.08. The summed E-state index contributed by atoms with van der Waals surface area (Å²) in [5.74, 6) is -0.516. The van der Waals surface area contributed by atoms with E-state index < -0.39 is 21.9 Å². The molecule has 28 heavy (non-hydrogen) atoms. The fourth-order valence-corrected chi connectivity index (χ4v) is 4.47. The minimum atomic E-state index is -4.55. The molecule has 1 aromatic heterocycles. The normalized spacial score (nSPS) is 19.4. The van der Waals surface area contributed by atoms with Crippen LogP contribution in [-0.4, -0.2) is 60.9 Å². The lowest BCUT2D eigenvalue weighted by Gasteiger charge is -2.29. The number of fused-ring (bicyclic) bond motifs is 1. The van der Waals surface area contributed by atoms with Crippen molar-refractivity contribution >= 4 is 15.9 Å². The molecule has 1 N–H and O–H groups in total. The zero-order valence-corrected chi connectivity index (χ0v) is 16.3. The maximum atomic E-state index is 13.1. The number of nitrogens with one attached hydrogen (secondary N) is 1. The van der Waals surface area contributed by atoms with Crippen LogP contribution in [-0.2, 0) is 45.3 Å². The minimum absolute atomic E-state index is 0.0678. The molecule has 0 aromatic carbocycles. The van der Waals surface area contributed by atoms with Crippen LogP contribution in [0.25, 0.3) is 0 Å². The van der Waals surface area contributed by atoms with E-state index in [1.54, 1.807) is 0 Å². The highest BCUT2D eigenvalue weighted by Crippen LogP contribution is 2.34. The highest BCUT2D eigenvalue weighted by molar-refractivity contribution is 7.88. The highest BCUT2D eigenvalue weighted by Gasteiger charge is 2.39. The summed E-state index contributed by atoms with van der Waals surface area (Å²) in [7, 11) is -3.26. The maximum Gasteiger partial charge on any atom is 0.435 e. The fraction of sp³-hybridized carbons (Fsp3) is 0.750. The van der Waals surface area contributed by atoms with Gasteiger partial charge in [-0.15, -0.1) is 0 Å². The molecule has 1 aromatic rings. The van der Waals surface area contributed by atoms with Gasteiger partial charge in [-0.3, -0.25) is 9.48 Å². The number of ether oxygens (including phenoxy) is 1. The summed E-state index contributed by atoms with van der Waals surface area (Å²) in [6, 6.07) is 0. The van der Waals surface area contributed by atoms with E-state index in [2.05, 4.69) is 10.4 Å².